The van der Waals surface area contributed by atoms with Crippen LogP contribution in [0.2, 0.25) is 0 Å². The van der Waals surface area contributed by atoms with Crippen molar-refractivity contribution in [2.45, 2.75) is 37.5 Å². The smallest absolute Gasteiger partial charge is 0.182 e. The molecule has 2 atom stereocenters. The second kappa shape index (κ2) is 6.04. The van der Waals surface area contributed by atoms with Gasteiger partial charge in [-0.15, -0.1) is 0 Å². The number of Topliss-reactive ketones (excluding diaryl/α,β-unsaturated/α-hetero) is 2. The average Bonchev–Trinajstić information content (AvgIpc) is 2.87. The summed E-state index contributed by atoms with van der Waals surface area (Å²) in [4.78, 5) is 24.9. The minimum absolute atomic E-state index is 0.0599. The number of ketones is 2. The Balaban J connectivity index is 1.99. The maximum Gasteiger partial charge on any atom is 0.182 e. The maximum atomic E-state index is 12.6. The number of rotatable bonds is 4. The van der Waals surface area contributed by atoms with E-state index < -0.39 is 9.84 Å². The van der Waals surface area contributed by atoms with Gasteiger partial charge in [0.1, 0.15) is 5.78 Å². The van der Waals surface area contributed by atoms with E-state index >= 15 is 0 Å². The van der Waals surface area contributed by atoms with Crippen LogP contribution in [0, 0.1) is 11.8 Å². The summed E-state index contributed by atoms with van der Waals surface area (Å²) in [7, 11) is -3.56. The Labute approximate surface area is 136 Å². The van der Waals surface area contributed by atoms with Gasteiger partial charge in [0.25, 0.3) is 0 Å². The molecule has 3 rings (SSSR count). The number of hydrogen-bond acceptors (Lipinski definition) is 4. The molecule has 0 radical (unpaired) electrons. The Hall–Kier alpha value is -1.75. The van der Waals surface area contributed by atoms with Gasteiger partial charge in [0, 0.05) is 23.8 Å². The lowest BCUT2D eigenvalue weighted by atomic mass is 9.84. The first-order valence-electron chi connectivity index (χ1n) is 8.00. The lowest BCUT2D eigenvalue weighted by Gasteiger charge is -2.21. The van der Waals surface area contributed by atoms with Gasteiger partial charge in [-0.25, -0.2) is 8.42 Å². The van der Waals surface area contributed by atoms with Gasteiger partial charge < -0.3 is 0 Å². The summed E-state index contributed by atoms with van der Waals surface area (Å²) in [5, 5.41) is 0. The second-order valence-electron chi connectivity index (χ2n) is 6.30. The molecule has 2 aliphatic rings. The highest BCUT2D eigenvalue weighted by atomic mass is 32.2. The van der Waals surface area contributed by atoms with E-state index in [4.69, 9.17) is 0 Å². The largest absolute Gasteiger partial charge is 0.299 e. The van der Waals surface area contributed by atoms with Crippen molar-refractivity contribution in [3.63, 3.8) is 0 Å². The van der Waals surface area contributed by atoms with E-state index in [0.717, 1.165) is 12.0 Å². The molecule has 0 N–H and O–H groups in total. The van der Waals surface area contributed by atoms with Crippen LogP contribution < -0.4 is 0 Å². The molecular weight excluding hydrogens is 312 g/mol. The normalized spacial score (nSPS) is 24.9. The third kappa shape index (κ3) is 2.90. The second-order valence-corrected chi connectivity index (χ2v) is 8.29. The van der Waals surface area contributed by atoms with Gasteiger partial charge in [-0.1, -0.05) is 30.7 Å². The predicted octanol–water partition coefficient (Wildman–Crippen LogP) is 2.74. The van der Waals surface area contributed by atoms with E-state index in [2.05, 4.69) is 0 Å². The van der Waals surface area contributed by atoms with Crippen molar-refractivity contribution in [1.29, 1.82) is 0 Å². The Morgan fingerprint density at radius 3 is 2.48 bits per heavy atom. The topological polar surface area (TPSA) is 68.3 Å². The summed E-state index contributed by atoms with van der Waals surface area (Å²) >= 11 is 0. The number of hydrogen-bond donors (Lipinski definition) is 0. The number of carbonyl (C=O) groups excluding carboxylic acids is 2. The van der Waals surface area contributed by atoms with Crippen LogP contribution in [0.4, 0.5) is 0 Å². The van der Waals surface area contributed by atoms with Crippen LogP contribution in [0.3, 0.4) is 0 Å². The van der Waals surface area contributed by atoms with Crippen molar-refractivity contribution in [3.8, 4) is 0 Å². The van der Waals surface area contributed by atoms with Gasteiger partial charge in [-0.3, -0.25) is 9.59 Å². The molecule has 0 aliphatic heterocycles. The van der Waals surface area contributed by atoms with Crippen LogP contribution in [0.25, 0.3) is 0 Å². The quantitative estimate of drug-likeness (QED) is 0.850. The van der Waals surface area contributed by atoms with E-state index in [-0.39, 0.29) is 40.5 Å². The van der Waals surface area contributed by atoms with Crippen molar-refractivity contribution < 1.29 is 18.0 Å². The standard InChI is InChI=1S/C18H20O4S/c1-2-12-10-15-14(18(12)20)8-9-17(19)16(15)11-23(21,22)13-6-4-3-5-7-13/h3-7,12,14H,2,8-11H2,1H3. The van der Waals surface area contributed by atoms with Gasteiger partial charge in [-0.05, 0) is 31.4 Å². The van der Waals surface area contributed by atoms with Crippen molar-refractivity contribution >= 4 is 21.4 Å². The van der Waals surface area contributed by atoms with E-state index in [0.29, 0.717) is 18.4 Å². The molecular formula is C18H20O4S. The fraction of sp³-hybridized carbons (Fsp3) is 0.444. The van der Waals surface area contributed by atoms with Crippen LogP contribution in [-0.2, 0) is 19.4 Å². The van der Waals surface area contributed by atoms with Crippen LogP contribution in [0.15, 0.2) is 46.4 Å². The third-order valence-electron chi connectivity index (χ3n) is 4.95. The van der Waals surface area contributed by atoms with Gasteiger partial charge in [0.15, 0.2) is 15.6 Å². The van der Waals surface area contributed by atoms with Gasteiger partial charge in [0.05, 0.1) is 10.6 Å². The summed E-state index contributed by atoms with van der Waals surface area (Å²) in [6, 6.07) is 8.18. The fourth-order valence-electron chi connectivity index (χ4n) is 3.64. The summed E-state index contributed by atoms with van der Waals surface area (Å²) in [6.45, 7) is 1.96. The first-order chi connectivity index (χ1) is 10.9. The van der Waals surface area contributed by atoms with Crippen molar-refractivity contribution in [3.05, 3.63) is 41.5 Å². The first kappa shape index (κ1) is 16.1. The zero-order valence-corrected chi connectivity index (χ0v) is 13.9. The third-order valence-corrected chi connectivity index (χ3v) is 6.61. The zero-order chi connectivity index (χ0) is 16.6. The monoisotopic (exact) mass is 332 g/mol. The molecule has 0 saturated heterocycles. The molecule has 2 aliphatic carbocycles. The molecule has 2 unspecified atom stereocenters. The zero-order valence-electron chi connectivity index (χ0n) is 13.1. The molecule has 0 spiro atoms. The Kier molecular flexibility index (Phi) is 4.23. The molecule has 4 nitrogen and oxygen atoms in total. The number of carbonyl (C=O) groups is 2. The molecule has 1 saturated carbocycles. The molecule has 23 heavy (non-hydrogen) atoms. The van der Waals surface area contributed by atoms with E-state index in [1.165, 1.54) is 0 Å². The predicted molar refractivity (Wildman–Crippen MR) is 86.7 cm³/mol. The van der Waals surface area contributed by atoms with Crippen molar-refractivity contribution in [2.75, 3.05) is 5.75 Å². The van der Waals surface area contributed by atoms with E-state index in [1.807, 2.05) is 6.92 Å². The highest BCUT2D eigenvalue weighted by Crippen LogP contribution is 2.42. The van der Waals surface area contributed by atoms with Crippen LogP contribution in [0.5, 0.6) is 0 Å². The molecule has 1 fully saturated rings. The minimum Gasteiger partial charge on any atom is -0.299 e. The van der Waals surface area contributed by atoms with Crippen LogP contribution in [-0.4, -0.2) is 25.7 Å². The molecule has 5 heteroatoms. The Morgan fingerprint density at radius 2 is 1.83 bits per heavy atom. The first-order valence-corrected chi connectivity index (χ1v) is 9.66. The number of allylic oxidation sites excluding steroid dienone is 1. The summed E-state index contributed by atoms with van der Waals surface area (Å²) in [5.74, 6) is -0.510. The summed E-state index contributed by atoms with van der Waals surface area (Å²) in [5.41, 5.74) is 1.16. The number of benzene rings is 1. The number of sulfone groups is 1. The lowest BCUT2D eigenvalue weighted by molar-refractivity contribution is -0.124. The molecule has 122 valence electrons. The Morgan fingerprint density at radius 1 is 1.13 bits per heavy atom. The molecule has 1 aromatic carbocycles. The maximum absolute atomic E-state index is 12.6. The van der Waals surface area contributed by atoms with Gasteiger partial charge in [-0.2, -0.15) is 0 Å². The molecule has 0 bridgehead atoms. The van der Waals surface area contributed by atoms with Crippen molar-refractivity contribution in [2.24, 2.45) is 11.8 Å². The average molecular weight is 332 g/mol. The van der Waals surface area contributed by atoms with E-state index in [9.17, 15) is 18.0 Å². The van der Waals surface area contributed by atoms with Gasteiger partial charge >= 0.3 is 0 Å². The lowest BCUT2D eigenvalue weighted by Crippen LogP contribution is -2.25. The SMILES string of the molecule is CCC1CC2=C(CS(=O)(=O)c3ccccc3)C(=O)CCC2C1=O. The van der Waals surface area contributed by atoms with Gasteiger partial charge in [0.2, 0.25) is 0 Å². The molecule has 0 amide bonds. The minimum atomic E-state index is -3.56. The van der Waals surface area contributed by atoms with Crippen LogP contribution >= 0.6 is 0 Å². The molecule has 1 aromatic rings. The highest BCUT2D eigenvalue weighted by Gasteiger charge is 2.42. The highest BCUT2D eigenvalue weighted by molar-refractivity contribution is 7.91. The Bertz CT molecular complexity index is 774. The fourth-order valence-corrected chi connectivity index (χ4v) is 5.10. The van der Waals surface area contributed by atoms with Crippen molar-refractivity contribution in [1.82, 2.24) is 0 Å². The molecule has 0 heterocycles. The van der Waals surface area contributed by atoms with E-state index in [1.54, 1.807) is 30.3 Å². The summed E-state index contributed by atoms with van der Waals surface area (Å²) in [6.07, 6.45) is 2.10. The summed E-state index contributed by atoms with van der Waals surface area (Å²) < 4.78 is 25.2. The molecule has 0 aromatic heterocycles. The number of fused-ring (bicyclic) bond motifs is 1. The van der Waals surface area contributed by atoms with Crippen LogP contribution in [0.1, 0.15) is 32.6 Å².